The summed E-state index contributed by atoms with van der Waals surface area (Å²) >= 11 is 0. The van der Waals surface area contributed by atoms with Gasteiger partial charge in [0.25, 0.3) is 0 Å². The Bertz CT molecular complexity index is 75.7. The lowest BCUT2D eigenvalue weighted by Crippen LogP contribution is -2.23. The van der Waals surface area contributed by atoms with Crippen molar-refractivity contribution in [3.8, 4) is 0 Å². The number of rotatable bonds is 5. The molecule has 0 bridgehead atoms. The maximum atomic E-state index is 8.90. The molecule has 0 aromatic rings. The fraction of sp³-hybridized carbons (Fsp3) is 1.00. The minimum absolute atomic E-state index is 0.284. The van der Waals surface area contributed by atoms with Gasteiger partial charge < -0.3 is 10.8 Å². The fourth-order valence-electron chi connectivity index (χ4n) is 1.12. The van der Waals surface area contributed by atoms with Crippen LogP contribution in [0.15, 0.2) is 0 Å². The van der Waals surface area contributed by atoms with Crippen molar-refractivity contribution in [3.05, 3.63) is 0 Å². The fourth-order valence-corrected chi connectivity index (χ4v) is 1.12. The molecule has 0 aliphatic heterocycles. The first kappa shape index (κ1) is 9.92. The molecule has 0 fully saturated rings. The summed E-state index contributed by atoms with van der Waals surface area (Å²) in [5.41, 5.74) is 5.47. The highest BCUT2D eigenvalue weighted by Crippen LogP contribution is 2.15. The molecule has 0 aromatic heterocycles. The summed E-state index contributed by atoms with van der Waals surface area (Å²) in [4.78, 5) is 0. The van der Waals surface area contributed by atoms with Gasteiger partial charge in [-0.15, -0.1) is 0 Å². The lowest BCUT2D eigenvalue weighted by atomic mass is 9.91. The molecule has 0 amide bonds. The molecule has 3 N–H and O–H groups in total. The van der Waals surface area contributed by atoms with Crippen molar-refractivity contribution < 1.29 is 5.11 Å². The van der Waals surface area contributed by atoms with Gasteiger partial charge in [0, 0.05) is 6.61 Å². The molecule has 2 heteroatoms. The van der Waals surface area contributed by atoms with Gasteiger partial charge in [-0.2, -0.15) is 0 Å². The zero-order valence-corrected chi connectivity index (χ0v) is 7.01. The van der Waals surface area contributed by atoms with Crippen LogP contribution < -0.4 is 5.73 Å². The maximum Gasteiger partial charge on any atom is 0.0462 e. The van der Waals surface area contributed by atoms with Crippen molar-refractivity contribution in [2.45, 2.75) is 26.7 Å². The zero-order valence-electron chi connectivity index (χ0n) is 7.01. The molecule has 0 aliphatic rings. The Balaban J connectivity index is 3.56. The average Bonchev–Trinajstić information content (AvgIpc) is 1.99. The monoisotopic (exact) mass is 145 g/mol. The van der Waals surface area contributed by atoms with Crippen molar-refractivity contribution in [1.29, 1.82) is 0 Å². The Morgan fingerprint density at radius 1 is 1.50 bits per heavy atom. The second kappa shape index (κ2) is 5.69. The summed E-state index contributed by atoms with van der Waals surface area (Å²) in [7, 11) is 0. The van der Waals surface area contributed by atoms with Crippen LogP contribution >= 0.6 is 0 Å². The van der Waals surface area contributed by atoms with Crippen LogP contribution in [0.5, 0.6) is 0 Å². The molecule has 2 unspecified atom stereocenters. The first-order valence-corrected chi connectivity index (χ1v) is 4.07. The number of hydrogen-bond donors (Lipinski definition) is 2. The van der Waals surface area contributed by atoms with Crippen LogP contribution in [-0.4, -0.2) is 18.3 Å². The predicted molar refractivity (Wildman–Crippen MR) is 43.7 cm³/mol. The van der Waals surface area contributed by atoms with Crippen LogP contribution in [0.4, 0.5) is 0 Å². The average molecular weight is 145 g/mol. The van der Waals surface area contributed by atoms with E-state index in [1.807, 2.05) is 0 Å². The van der Waals surface area contributed by atoms with Crippen LogP contribution in [0.2, 0.25) is 0 Å². The van der Waals surface area contributed by atoms with Crippen molar-refractivity contribution in [2.24, 2.45) is 17.6 Å². The molecule has 10 heavy (non-hydrogen) atoms. The molecule has 0 heterocycles. The van der Waals surface area contributed by atoms with Gasteiger partial charge >= 0.3 is 0 Å². The third kappa shape index (κ3) is 3.18. The highest BCUT2D eigenvalue weighted by atomic mass is 16.3. The first-order valence-electron chi connectivity index (χ1n) is 4.07. The molecule has 0 saturated heterocycles. The summed E-state index contributed by atoms with van der Waals surface area (Å²) in [6, 6.07) is 0. The lowest BCUT2D eigenvalue weighted by Gasteiger charge is -2.19. The summed E-state index contributed by atoms with van der Waals surface area (Å²) in [5, 5.41) is 8.90. The van der Waals surface area contributed by atoms with Crippen molar-refractivity contribution in [1.82, 2.24) is 0 Å². The van der Waals surface area contributed by atoms with Crippen molar-refractivity contribution >= 4 is 0 Å². The molecule has 2 nitrogen and oxygen atoms in total. The Morgan fingerprint density at radius 2 is 2.10 bits per heavy atom. The van der Waals surface area contributed by atoms with Gasteiger partial charge in [-0.3, -0.25) is 0 Å². The second-order valence-corrected chi connectivity index (χ2v) is 2.94. The predicted octanol–water partition coefficient (Wildman–Crippen LogP) is 0.990. The molecule has 0 saturated carbocycles. The molecule has 0 radical (unpaired) electrons. The van der Waals surface area contributed by atoms with E-state index in [0.29, 0.717) is 18.4 Å². The maximum absolute atomic E-state index is 8.90. The van der Waals surface area contributed by atoms with Gasteiger partial charge in [-0.05, 0) is 24.8 Å². The summed E-state index contributed by atoms with van der Waals surface area (Å²) < 4.78 is 0. The molecule has 0 rings (SSSR count). The van der Waals surface area contributed by atoms with Crippen LogP contribution in [0.25, 0.3) is 0 Å². The van der Waals surface area contributed by atoms with Crippen LogP contribution in [0.3, 0.4) is 0 Å². The Morgan fingerprint density at radius 3 is 2.40 bits per heavy atom. The van der Waals surface area contributed by atoms with Gasteiger partial charge in [0.1, 0.15) is 0 Å². The Labute approximate surface area is 63.4 Å². The summed E-state index contributed by atoms with van der Waals surface area (Å²) in [5.74, 6) is 0.875. The van der Waals surface area contributed by atoms with Crippen LogP contribution in [0, 0.1) is 11.8 Å². The molecule has 62 valence electrons. The van der Waals surface area contributed by atoms with Gasteiger partial charge in [-0.1, -0.05) is 20.3 Å². The first-order chi connectivity index (χ1) is 4.76. The molecule has 0 spiro atoms. The summed E-state index contributed by atoms with van der Waals surface area (Å²) in [6.45, 7) is 5.19. The van der Waals surface area contributed by atoms with E-state index in [0.717, 1.165) is 12.8 Å². The highest BCUT2D eigenvalue weighted by Gasteiger charge is 2.12. The van der Waals surface area contributed by atoms with Gasteiger partial charge in [0.2, 0.25) is 0 Å². The van der Waals surface area contributed by atoms with Crippen molar-refractivity contribution in [2.75, 3.05) is 13.2 Å². The third-order valence-corrected chi connectivity index (χ3v) is 2.07. The second-order valence-electron chi connectivity index (χ2n) is 2.94. The van der Waals surface area contributed by atoms with E-state index in [1.54, 1.807) is 0 Å². The molecule has 0 aliphatic carbocycles. The zero-order chi connectivity index (χ0) is 7.98. The van der Waals surface area contributed by atoms with Gasteiger partial charge in [0.15, 0.2) is 0 Å². The van der Waals surface area contributed by atoms with Crippen molar-refractivity contribution in [3.63, 3.8) is 0 Å². The molecular formula is C8H19NO. The topological polar surface area (TPSA) is 46.2 Å². The normalized spacial score (nSPS) is 16.8. The Hall–Kier alpha value is -0.0800. The molecule has 0 aromatic carbocycles. The summed E-state index contributed by atoms with van der Waals surface area (Å²) in [6.07, 6.45) is 2.23. The molecular weight excluding hydrogens is 126 g/mol. The van der Waals surface area contributed by atoms with Crippen LogP contribution in [0.1, 0.15) is 26.7 Å². The standard InChI is InChI=1S/C8H19NO/c1-3-4-8(6-10)7(2)5-9/h7-8,10H,3-6,9H2,1-2H3. The van der Waals surface area contributed by atoms with E-state index < -0.39 is 0 Å². The third-order valence-electron chi connectivity index (χ3n) is 2.07. The van der Waals surface area contributed by atoms with E-state index in [4.69, 9.17) is 10.8 Å². The highest BCUT2D eigenvalue weighted by molar-refractivity contribution is 4.65. The van der Waals surface area contributed by atoms with E-state index >= 15 is 0 Å². The minimum Gasteiger partial charge on any atom is -0.396 e. The largest absolute Gasteiger partial charge is 0.396 e. The quantitative estimate of drug-likeness (QED) is 0.606. The number of nitrogens with two attached hydrogens (primary N) is 1. The molecule has 2 atom stereocenters. The van der Waals surface area contributed by atoms with Gasteiger partial charge in [0.05, 0.1) is 0 Å². The van der Waals surface area contributed by atoms with E-state index in [1.165, 1.54) is 0 Å². The van der Waals surface area contributed by atoms with E-state index in [-0.39, 0.29) is 6.61 Å². The number of aliphatic hydroxyl groups is 1. The SMILES string of the molecule is CCCC(CO)C(C)CN. The van der Waals surface area contributed by atoms with Gasteiger partial charge in [-0.25, -0.2) is 0 Å². The number of aliphatic hydroxyl groups excluding tert-OH is 1. The smallest absolute Gasteiger partial charge is 0.0462 e. The Kier molecular flexibility index (Phi) is 5.64. The minimum atomic E-state index is 0.284. The number of hydrogen-bond acceptors (Lipinski definition) is 2. The van der Waals surface area contributed by atoms with E-state index in [9.17, 15) is 0 Å². The van der Waals surface area contributed by atoms with E-state index in [2.05, 4.69) is 13.8 Å². The lowest BCUT2D eigenvalue weighted by molar-refractivity contribution is 0.176. The van der Waals surface area contributed by atoms with Crippen LogP contribution in [-0.2, 0) is 0 Å².